The fourth-order valence-electron chi connectivity index (χ4n) is 1.68. The minimum Gasteiger partial charge on any atom is -0.305 e. The molecule has 1 atom stereocenters. The predicted octanol–water partition coefficient (Wildman–Crippen LogP) is 1.50. The van der Waals surface area contributed by atoms with Crippen LogP contribution in [0.15, 0.2) is 0 Å². The van der Waals surface area contributed by atoms with E-state index in [4.69, 9.17) is 0 Å². The summed E-state index contributed by atoms with van der Waals surface area (Å²) in [6.45, 7) is 1.92. The molecule has 0 heterocycles. The molecular weight excluding hydrogens is 138 g/mol. The highest BCUT2D eigenvalue weighted by molar-refractivity contribution is 5.56. The molecule has 0 saturated heterocycles. The maximum Gasteiger partial charge on any atom is 0.136 e. The minimum atomic E-state index is 0.0399. The maximum atomic E-state index is 10.3. The number of rotatable bonds is 3. The smallest absolute Gasteiger partial charge is 0.136 e. The average Bonchev–Trinajstić information content (AvgIpc) is 2.06. The Balaban J connectivity index is 2.18. The number of nitrogens with one attached hydrogen (secondary N) is 1. The molecule has 11 heavy (non-hydrogen) atoms. The molecule has 0 aromatic carbocycles. The van der Waals surface area contributed by atoms with E-state index < -0.39 is 0 Å². The van der Waals surface area contributed by atoms with E-state index in [2.05, 4.69) is 5.32 Å². The maximum absolute atomic E-state index is 10.3. The molecule has 1 unspecified atom stereocenters. The summed E-state index contributed by atoms with van der Waals surface area (Å²) in [5.41, 5.74) is 0. The van der Waals surface area contributed by atoms with Crippen LogP contribution in [0.5, 0.6) is 0 Å². The van der Waals surface area contributed by atoms with Gasteiger partial charge in [0.2, 0.25) is 0 Å². The van der Waals surface area contributed by atoms with Gasteiger partial charge in [-0.15, -0.1) is 0 Å². The lowest BCUT2D eigenvalue weighted by Crippen LogP contribution is -2.38. The summed E-state index contributed by atoms with van der Waals surface area (Å²) < 4.78 is 0. The van der Waals surface area contributed by atoms with Crippen LogP contribution < -0.4 is 5.32 Å². The highest BCUT2D eigenvalue weighted by Crippen LogP contribution is 2.17. The van der Waals surface area contributed by atoms with Crippen LogP contribution in [0.1, 0.15) is 39.0 Å². The lowest BCUT2D eigenvalue weighted by molar-refractivity contribution is -0.109. The Morgan fingerprint density at radius 2 is 2.00 bits per heavy atom. The topological polar surface area (TPSA) is 29.1 Å². The van der Waals surface area contributed by atoms with Gasteiger partial charge < -0.3 is 10.1 Å². The quantitative estimate of drug-likeness (QED) is 0.626. The molecule has 64 valence electrons. The third-order valence-electron chi connectivity index (χ3n) is 2.31. The first kappa shape index (κ1) is 8.72. The minimum absolute atomic E-state index is 0.0399. The van der Waals surface area contributed by atoms with E-state index in [-0.39, 0.29) is 6.04 Å². The molecule has 2 heteroatoms. The first-order valence-corrected chi connectivity index (χ1v) is 4.54. The molecule has 0 aliphatic heterocycles. The molecule has 1 N–H and O–H groups in total. The van der Waals surface area contributed by atoms with Gasteiger partial charge in [-0.05, 0) is 19.8 Å². The van der Waals surface area contributed by atoms with E-state index >= 15 is 0 Å². The van der Waals surface area contributed by atoms with Crippen LogP contribution in [0.2, 0.25) is 0 Å². The van der Waals surface area contributed by atoms with Crippen molar-refractivity contribution in [3.05, 3.63) is 0 Å². The van der Waals surface area contributed by atoms with Crippen molar-refractivity contribution in [2.24, 2.45) is 0 Å². The summed E-state index contributed by atoms with van der Waals surface area (Å²) in [6, 6.07) is 0.641. The Labute approximate surface area is 68.4 Å². The van der Waals surface area contributed by atoms with Gasteiger partial charge in [0.25, 0.3) is 0 Å². The number of hydrogen-bond donors (Lipinski definition) is 1. The molecule has 0 aromatic heterocycles. The van der Waals surface area contributed by atoms with Crippen LogP contribution in [-0.2, 0) is 4.79 Å². The van der Waals surface area contributed by atoms with Gasteiger partial charge in [0.15, 0.2) is 0 Å². The molecule has 0 bridgehead atoms. The Hall–Kier alpha value is -0.370. The SMILES string of the molecule is CC(C=O)NC1CCCCC1. The number of hydrogen-bond acceptors (Lipinski definition) is 2. The molecule has 0 radical (unpaired) electrons. The van der Waals surface area contributed by atoms with Crippen molar-refractivity contribution in [1.82, 2.24) is 5.32 Å². The molecule has 2 nitrogen and oxygen atoms in total. The van der Waals surface area contributed by atoms with E-state index in [0.717, 1.165) is 6.29 Å². The van der Waals surface area contributed by atoms with Crippen LogP contribution in [0.3, 0.4) is 0 Å². The van der Waals surface area contributed by atoms with Crippen molar-refractivity contribution in [3.8, 4) is 0 Å². The molecule has 1 rings (SSSR count). The highest BCUT2D eigenvalue weighted by Gasteiger charge is 2.14. The first-order valence-electron chi connectivity index (χ1n) is 4.54. The van der Waals surface area contributed by atoms with Crippen LogP contribution in [0.25, 0.3) is 0 Å². The van der Waals surface area contributed by atoms with Crippen LogP contribution in [0.4, 0.5) is 0 Å². The Morgan fingerprint density at radius 1 is 1.36 bits per heavy atom. The van der Waals surface area contributed by atoms with Crippen molar-refractivity contribution in [2.75, 3.05) is 0 Å². The zero-order valence-corrected chi connectivity index (χ0v) is 7.18. The van der Waals surface area contributed by atoms with Gasteiger partial charge in [-0.25, -0.2) is 0 Å². The summed E-state index contributed by atoms with van der Waals surface area (Å²) in [4.78, 5) is 10.3. The second kappa shape index (κ2) is 4.50. The van der Waals surface area contributed by atoms with Crippen molar-refractivity contribution >= 4 is 6.29 Å². The van der Waals surface area contributed by atoms with Gasteiger partial charge in [0, 0.05) is 6.04 Å². The Kier molecular flexibility index (Phi) is 3.57. The third kappa shape index (κ3) is 3.02. The molecule has 1 saturated carbocycles. The number of aldehydes is 1. The summed E-state index contributed by atoms with van der Waals surface area (Å²) in [7, 11) is 0. The molecule has 0 spiro atoms. The average molecular weight is 155 g/mol. The van der Waals surface area contributed by atoms with Gasteiger partial charge in [-0.2, -0.15) is 0 Å². The van der Waals surface area contributed by atoms with Crippen molar-refractivity contribution < 1.29 is 4.79 Å². The summed E-state index contributed by atoms with van der Waals surface area (Å²) in [5, 5.41) is 3.30. The summed E-state index contributed by atoms with van der Waals surface area (Å²) in [5.74, 6) is 0. The zero-order chi connectivity index (χ0) is 8.10. The molecule has 1 aliphatic rings. The molecular formula is C9H17NO. The van der Waals surface area contributed by atoms with E-state index in [9.17, 15) is 4.79 Å². The lowest BCUT2D eigenvalue weighted by atomic mass is 9.95. The lowest BCUT2D eigenvalue weighted by Gasteiger charge is -2.24. The summed E-state index contributed by atoms with van der Waals surface area (Å²) >= 11 is 0. The number of carbonyl (C=O) groups excluding carboxylic acids is 1. The second-order valence-electron chi connectivity index (χ2n) is 3.43. The van der Waals surface area contributed by atoms with Crippen molar-refractivity contribution in [1.29, 1.82) is 0 Å². The van der Waals surface area contributed by atoms with Gasteiger partial charge in [-0.1, -0.05) is 19.3 Å². The highest BCUT2D eigenvalue weighted by atomic mass is 16.1. The van der Waals surface area contributed by atoms with Crippen LogP contribution in [-0.4, -0.2) is 18.4 Å². The van der Waals surface area contributed by atoms with Crippen molar-refractivity contribution in [2.45, 2.75) is 51.1 Å². The monoisotopic (exact) mass is 155 g/mol. The molecule has 1 aliphatic carbocycles. The Bertz CT molecular complexity index is 119. The van der Waals surface area contributed by atoms with E-state index in [1.165, 1.54) is 32.1 Å². The largest absolute Gasteiger partial charge is 0.305 e. The van der Waals surface area contributed by atoms with Crippen LogP contribution in [0, 0.1) is 0 Å². The van der Waals surface area contributed by atoms with Crippen molar-refractivity contribution in [3.63, 3.8) is 0 Å². The van der Waals surface area contributed by atoms with Crippen LogP contribution >= 0.6 is 0 Å². The normalized spacial score (nSPS) is 23.0. The fourth-order valence-corrected chi connectivity index (χ4v) is 1.68. The van der Waals surface area contributed by atoms with Gasteiger partial charge in [0.05, 0.1) is 6.04 Å². The predicted molar refractivity (Wildman–Crippen MR) is 45.5 cm³/mol. The number of carbonyl (C=O) groups is 1. The van der Waals surface area contributed by atoms with E-state index in [1.54, 1.807) is 0 Å². The van der Waals surface area contributed by atoms with E-state index in [0.29, 0.717) is 6.04 Å². The summed E-state index contributed by atoms with van der Waals surface area (Å²) in [6.07, 6.45) is 7.49. The van der Waals surface area contributed by atoms with E-state index in [1.807, 2.05) is 6.92 Å². The molecule has 0 aromatic rings. The molecule has 1 fully saturated rings. The third-order valence-corrected chi connectivity index (χ3v) is 2.31. The molecule has 0 amide bonds. The standard InChI is InChI=1S/C9H17NO/c1-8(7-11)10-9-5-3-2-4-6-9/h7-10H,2-6H2,1H3. The van der Waals surface area contributed by atoms with Gasteiger partial charge in [0.1, 0.15) is 6.29 Å². The fraction of sp³-hybridized carbons (Fsp3) is 0.889. The van der Waals surface area contributed by atoms with Gasteiger partial charge in [-0.3, -0.25) is 0 Å². The second-order valence-corrected chi connectivity index (χ2v) is 3.43. The zero-order valence-electron chi connectivity index (χ0n) is 7.18. The first-order chi connectivity index (χ1) is 5.33. The van der Waals surface area contributed by atoms with Gasteiger partial charge >= 0.3 is 0 Å². The Morgan fingerprint density at radius 3 is 2.55 bits per heavy atom.